The molecule has 2 aromatic carbocycles. The second kappa shape index (κ2) is 9.63. The van der Waals surface area contributed by atoms with Crippen LogP contribution in [-0.2, 0) is 21.2 Å². The summed E-state index contributed by atoms with van der Waals surface area (Å²) >= 11 is 0. The molecule has 2 aliphatic rings. The van der Waals surface area contributed by atoms with Crippen LogP contribution in [0.15, 0.2) is 57.9 Å². The molecule has 1 fully saturated rings. The lowest BCUT2D eigenvalue weighted by Crippen LogP contribution is -2.48. The molecule has 36 heavy (non-hydrogen) atoms. The van der Waals surface area contributed by atoms with Gasteiger partial charge in [-0.15, -0.1) is 0 Å². The van der Waals surface area contributed by atoms with Gasteiger partial charge in [-0.05, 0) is 63.0 Å². The molecule has 188 valence electrons. The molecule has 2 atom stereocenters. The van der Waals surface area contributed by atoms with Gasteiger partial charge in [0.25, 0.3) is 0 Å². The van der Waals surface area contributed by atoms with E-state index < -0.39 is 21.8 Å². The van der Waals surface area contributed by atoms with Crippen molar-refractivity contribution in [2.24, 2.45) is 5.92 Å². The summed E-state index contributed by atoms with van der Waals surface area (Å²) in [7, 11) is -4.00. The summed E-state index contributed by atoms with van der Waals surface area (Å²) in [5, 5.41) is 3.86. The van der Waals surface area contributed by atoms with Crippen LogP contribution < -0.4 is 4.90 Å². The van der Waals surface area contributed by atoms with E-state index in [2.05, 4.69) is 5.16 Å². The first-order valence-corrected chi connectivity index (χ1v) is 13.5. The van der Waals surface area contributed by atoms with Crippen LogP contribution in [-0.4, -0.2) is 42.9 Å². The molecule has 1 amide bonds. The molecular weight excluding hydrogens is 481 g/mol. The molecule has 7 nitrogen and oxygen atoms in total. The first-order chi connectivity index (χ1) is 17.3. The van der Waals surface area contributed by atoms with Gasteiger partial charge in [-0.1, -0.05) is 41.6 Å². The third-order valence-corrected chi connectivity index (χ3v) is 8.95. The van der Waals surface area contributed by atoms with Gasteiger partial charge in [0.15, 0.2) is 10.7 Å². The molecule has 0 saturated carbocycles. The maximum Gasteiger partial charge on any atom is 0.248 e. The van der Waals surface area contributed by atoms with E-state index in [9.17, 15) is 17.6 Å². The Morgan fingerprint density at radius 2 is 1.89 bits per heavy atom. The molecule has 5 rings (SSSR count). The number of aromatic nitrogens is 1. The van der Waals surface area contributed by atoms with Crippen molar-refractivity contribution in [1.82, 2.24) is 9.46 Å². The number of sulfonamides is 1. The van der Waals surface area contributed by atoms with Gasteiger partial charge in [0, 0.05) is 30.4 Å². The third kappa shape index (κ3) is 4.37. The van der Waals surface area contributed by atoms with Gasteiger partial charge in [-0.2, -0.15) is 4.31 Å². The van der Waals surface area contributed by atoms with Crippen molar-refractivity contribution >= 4 is 33.8 Å². The minimum absolute atomic E-state index is 0.0253. The molecule has 0 bridgehead atoms. The number of piperidine rings is 1. The number of anilines is 1. The molecular formula is C27H28FN3O4S. The zero-order valence-electron chi connectivity index (χ0n) is 20.2. The molecule has 9 heteroatoms. The first-order valence-electron chi connectivity index (χ1n) is 12.1. The molecule has 3 aromatic rings. The fourth-order valence-corrected chi connectivity index (χ4v) is 6.94. The highest BCUT2D eigenvalue weighted by molar-refractivity contribution is 7.89. The van der Waals surface area contributed by atoms with Crippen molar-refractivity contribution in [2.45, 2.75) is 44.0 Å². The predicted molar refractivity (Wildman–Crippen MR) is 135 cm³/mol. The summed E-state index contributed by atoms with van der Waals surface area (Å²) in [6.07, 6.45) is 4.86. The number of amides is 1. The van der Waals surface area contributed by atoms with Gasteiger partial charge in [-0.3, -0.25) is 4.79 Å². The Hall–Kier alpha value is -3.30. The SMILES string of the molecule is Cc1noc(/C=C/c2ccccc2F)c1S(=O)(=O)N1CCC[C@H](C(=O)N2c3ccccc3C[C@H]2C)C1. The maximum atomic E-state index is 14.0. The van der Waals surface area contributed by atoms with Gasteiger partial charge in [0.2, 0.25) is 15.9 Å². The van der Waals surface area contributed by atoms with Crippen LogP contribution in [0.5, 0.6) is 0 Å². The number of hydrogen-bond donors (Lipinski definition) is 0. The zero-order valence-corrected chi connectivity index (χ0v) is 21.0. The second-order valence-electron chi connectivity index (χ2n) is 9.41. The number of aryl methyl sites for hydroxylation is 1. The number of halogens is 1. The van der Waals surface area contributed by atoms with E-state index in [0.717, 1.165) is 17.7 Å². The highest BCUT2D eigenvalue weighted by Crippen LogP contribution is 2.35. The lowest BCUT2D eigenvalue weighted by atomic mass is 9.97. The molecule has 0 unspecified atom stereocenters. The van der Waals surface area contributed by atoms with Gasteiger partial charge < -0.3 is 9.42 Å². The molecule has 2 aliphatic heterocycles. The molecule has 1 aromatic heterocycles. The van der Waals surface area contributed by atoms with Crippen molar-refractivity contribution < 1.29 is 22.1 Å². The fourth-order valence-electron chi connectivity index (χ4n) is 5.16. The van der Waals surface area contributed by atoms with Gasteiger partial charge in [0.05, 0.1) is 5.92 Å². The first kappa shape index (κ1) is 24.4. The predicted octanol–water partition coefficient (Wildman–Crippen LogP) is 4.67. The number of carbonyl (C=O) groups excluding carboxylic acids is 1. The van der Waals surface area contributed by atoms with E-state index in [1.54, 1.807) is 25.1 Å². The standard InChI is InChI=1S/C27H28FN3O4S/c1-18-16-21-9-4-6-12-24(21)31(18)27(32)22-10-7-15-30(17-22)36(33,34)26-19(2)29-35-25(26)14-13-20-8-3-5-11-23(20)28/h3-6,8-9,11-14,18,22H,7,10,15-17H2,1-2H3/b14-13+/t18-,22+/m1/s1. The van der Waals surface area contributed by atoms with Crippen LogP contribution in [0.25, 0.3) is 12.2 Å². The summed E-state index contributed by atoms with van der Waals surface area (Å²) in [4.78, 5) is 15.4. The largest absolute Gasteiger partial charge is 0.355 e. The Bertz CT molecular complexity index is 1430. The Morgan fingerprint density at radius 3 is 2.69 bits per heavy atom. The molecule has 0 N–H and O–H groups in total. The summed E-state index contributed by atoms with van der Waals surface area (Å²) in [6, 6.07) is 14.1. The summed E-state index contributed by atoms with van der Waals surface area (Å²) < 4.78 is 48.1. The average Bonchev–Trinajstić information content (AvgIpc) is 3.42. The van der Waals surface area contributed by atoms with Crippen LogP contribution in [0.1, 0.15) is 42.3 Å². The Kier molecular flexibility index (Phi) is 6.53. The van der Waals surface area contributed by atoms with Gasteiger partial charge in [-0.25, -0.2) is 12.8 Å². The zero-order chi connectivity index (χ0) is 25.4. The van der Waals surface area contributed by atoms with Crippen molar-refractivity contribution in [3.63, 3.8) is 0 Å². The number of para-hydroxylation sites is 1. The molecule has 0 aliphatic carbocycles. The molecule has 1 saturated heterocycles. The Labute approximate surface area is 210 Å². The van der Waals surface area contributed by atoms with E-state index in [1.165, 1.54) is 22.5 Å². The van der Waals surface area contributed by atoms with Gasteiger partial charge in [0.1, 0.15) is 11.5 Å². The van der Waals surface area contributed by atoms with E-state index in [4.69, 9.17) is 4.52 Å². The van der Waals surface area contributed by atoms with Crippen molar-refractivity contribution in [2.75, 3.05) is 18.0 Å². The Balaban J connectivity index is 1.40. The molecule has 0 radical (unpaired) electrons. The summed E-state index contributed by atoms with van der Waals surface area (Å²) in [5.74, 6) is -0.885. The quantitative estimate of drug-likeness (QED) is 0.499. The summed E-state index contributed by atoms with van der Waals surface area (Å²) in [6.45, 7) is 3.98. The topological polar surface area (TPSA) is 83.7 Å². The van der Waals surface area contributed by atoms with Crippen LogP contribution >= 0.6 is 0 Å². The van der Waals surface area contributed by atoms with Crippen molar-refractivity contribution in [3.8, 4) is 0 Å². The van der Waals surface area contributed by atoms with Crippen molar-refractivity contribution in [3.05, 3.63) is 76.9 Å². The van der Waals surface area contributed by atoms with Crippen LogP contribution in [0, 0.1) is 18.7 Å². The third-order valence-electron chi connectivity index (χ3n) is 6.93. The normalized spacial score (nSPS) is 20.7. The fraction of sp³-hybridized carbons (Fsp3) is 0.333. The second-order valence-corrected chi connectivity index (χ2v) is 11.3. The number of rotatable bonds is 5. The minimum Gasteiger partial charge on any atom is -0.355 e. The maximum absolute atomic E-state index is 14.0. The Morgan fingerprint density at radius 1 is 1.14 bits per heavy atom. The molecule has 3 heterocycles. The van der Waals surface area contributed by atoms with E-state index in [1.807, 2.05) is 36.1 Å². The monoisotopic (exact) mass is 509 g/mol. The van der Waals surface area contributed by atoms with Gasteiger partial charge >= 0.3 is 0 Å². The summed E-state index contributed by atoms with van der Waals surface area (Å²) in [5.41, 5.74) is 2.56. The average molecular weight is 510 g/mol. The van der Waals surface area contributed by atoms with Crippen LogP contribution in [0.2, 0.25) is 0 Å². The highest BCUT2D eigenvalue weighted by atomic mass is 32.2. The highest BCUT2D eigenvalue weighted by Gasteiger charge is 2.40. The number of nitrogens with zero attached hydrogens (tertiary/aromatic N) is 3. The van der Waals surface area contributed by atoms with Crippen molar-refractivity contribution in [1.29, 1.82) is 0 Å². The van der Waals surface area contributed by atoms with E-state index >= 15 is 0 Å². The number of benzene rings is 2. The van der Waals surface area contributed by atoms with E-state index in [-0.39, 0.29) is 34.8 Å². The smallest absolute Gasteiger partial charge is 0.248 e. The minimum atomic E-state index is -4.00. The van der Waals surface area contributed by atoms with Crippen LogP contribution in [0.3, 0.4) is 0 Å². The lowest BCUT2D eigenvalue weighted by molar-refractivity contribution is -0.123. The van der Waals surface area contributed by atoms with Crippen LogP contribution in [0.4, 0.5) is 10.1 Å². The molecule has 0 spiro atoms. The number of fused-ring (bicyclic) bond motifs is 1. The van der Waals surface area contributed by atoms with E-state index in [0.29, 0.717) is 24.9 Å². The lowest BCUT2D eigenvalue weighted by Gasteiger charge is -2.34. The number of hydrogen-bond acceptors (Lipinski definition) is 5. The number of carbonyl (C=O) groups is 1.